The Morgan fingerprint density at radius 3 is 2.55 bits per heavy atom. The molecule has 0 radical (unpaired) electrons. The molecule has 0 amide bonds. The minimum atomic E-state index is -3.33. The molecule has 1 aromatic heterocycles. The van der Waals surface area contributed by atoms with E-state index in [0.717, 1.165) is 35.8 Å². The van der Waals surface area contributed by atoms with Crippen molar-refractivity contribution in [3.63, 3.8) is 0 Å². The van der Waals surface area contributed by atoms with Gasteiger partial charge in [-0.3, -0.25) is 0 Å². The van der Waals surface area contributed by atoms with E-state index in [4.69, 9.17) is 0 Å². The summed E-state index contributed by atoms with van der Waals surface area (Å²) in [5, 5.41) is 3.41. The third-order valence-electron chi connectivity index (χ3n) is 3.59. The Bertz CT molecular complexity index is 546. The van der Waals surface area contributed by atoms with Crippen LogP contribution in [0.2, 0.25) is 0 Å². The Balaban J connectivity index is 1.60. The molecule has 2 N–H and O–H groups in total. The molecule has 112 valence electrons. The summed E-state index contributed by atoms with van der Waals surface area (Å²) >= 11 is 3.28. The van der Waals surface area contributed by atoms with Crippen LogP contribution in [0.15, 0.2) is 16.3 Å². The maximum Gasteiger partial charge on any atom is 0.250 e. The molecule has 3 rings (SSSR count). The van der Waals surface area contributed by atoms with E-state index in [9.17, 15) is 8.42 Å². The van der Waals surface area contributed by atoms with Gasteiger partial charge in [-0.05, 0) is 49.3 Å². The summed E-state index contributed by atoms with van der Waals surface area (Å²) in [4.78, 5) is 1.09. The topological polar surface area (TPSA) is 58.2 Å². The molecule has 0 unspecified atom stereocenters. The molecule has 0 aromatic carbocycles. The second-order valence-electron chi connectivity index (χ2n) is 5.38. The molecule has 0 spiro atoms. The van der Waals surface area contributed by atoms with Gasteiger partial charge in [-0.25, -0.2) is 13.1 Å². The molecule has 1 aromatic rings. The van der Waals surface area contributed by atoms with Gasteiger partial charge >= 0.3 is 0 Å². The zero-order chi connectivity index (χ0) is 14.0. The molecule has 4 nitrogen and oxygen atoms in total. The predicted molar refractivity (Wildman–Crippen MR) is 84.8 cm³/mol. The summed E-state index contributed by atoms with van der Waals surface area (Å²) in [6.07, 6.45) is 4.37. The van der Waals surface area contributed by atoms with Gasteiger partial charge in [-0.2, -0.15) is 11.8 Å². The summed E-state index contributed by atoms with van der Waals surface area (Å²) in [6, 6.07) is 4.41. The van der Waals surface area contributed by atoms with E-state index in [2.05, 4.69) is 10.0 Å². The summed E-state index contributed by atoms with van der Waals surface area (Å²) in [6.45, 7) is 0.783. The minimum Gasteiger partial charge on any atom is -0.309 e. The Morgan fingerprint density at radius 2 is 1.85 bits per heavy atom. The summed E-state index contributed by atoms with van der Waals surface area (Å²) < 4.78 is 28.0. The van der Waals surface area contributed by atoms with E-state index in [1.54, 1.807) is 6.07 Å². The molecular weight excluding hydrogens is 312 g/mol. The van der Waals surface area contributed by atoms with E-state index in [0.29, 0.717) is 10.3 Å². The van der Waals surface area contributed by atoms with Crippen LogP contribution < -0.4 is 10.0 Å². The third kappa shape index (κ3) is 3.98. The molecule has 20 heavy (non-hydrogen) atoms. The lowest BCUT2D eigenvalue weighted by molar-refractivity contribution is 0.530. The van der Waals surface area contributed by atoms with Crippen molar-refractivity contribution in [2.75, 3.05) is 11.5 Å². The molecule has 1 saturated heterocycles. The number of thioether (sulfide) groups is 1. The van der Waals surface area contributed by atoms with Gasteiger partial charge in [0, 0.05) is 23.5 Å². The van der Waals surface area contributed by atoms with Crippen LogP contribution in [0.25, 0.3) is 0 Å². The first-order valence-electron chi connectivity index (χ1n) is 7.06. The van der Waals surface area contributed by atoms with Gasteiger partial charge in [0.1, 0.15) is 4.21 Å². The fourth-order valence-corrected chi connectivity index (χ4v) is 5.96. The van der Waals surface area contributed by atoms with Gasteiger partial charge in [-0.15, -0.1) is 11.3 Å². The zero-order valence-corrected chi connectivity index (χ0v) is 13.7. The van der Waals surface area contributed by atoms with Crippen molar-refractivity contribution in [1.29, 1.82) is 0 Å². The predicted octanol–water partition coefficient (Wildman–Crippen LogP) is 2.17. The number of hydrogen-bond donors (Lipinski definition) is 2. The number of hydrogen-bond acceptors (Lipinski definition) is 5. The van der Waals surface area contributed by atoms with Crippen molar-refractivity contribution in [1.82, 2.24) is 10.0 Å². The number of nitrogens with one attached hydrogen (secondary N) is 2. The molecule has 0 bridgehead atoms. The van der Waals surface area contributed by atoms with E-state index in [1.807, 2.05) is 17.8 Å². The highest BCUT2D eigenvalue weighted by atomic mass is 32.2. The van der Waals surface area contributed by atoms with Crippen LogP contribution in [0, 0.1) is 0 Å². The van der Waals surface area contributed by atoms with Crippen LogP contribution in [0.1, 0.15) is 30.6 Å². The highest BCUT2D eigenvalue weighted by molar-refractivity contribution is 7.99. The fraction of sp³-hybridized carbons (Fsp3) is 0.692. The number of sulfonamides is 1. The van der Waals surface area contributed by atoms with Crippen molar-refractivity contribution in [3.05, 3.63) is 17.0 Å². The molecule has 2 aliphatic rings. The number of rotatable bonds is 6. The molecule has 0 atom stereocenters. The van der Waals surface area contributed by atoms with Gasteiger partial charge in [0.25, 0.3) is 0 Å². The summed E-state index contributed by atoms with van der Waals surface area (Å²) in [5.74, 6) is 2.10. The van der Waals surface area contributed by atoms with Crippen LogP contribution in [0.3, 0.4) is 0 Å². The largest absolute Gasteiger partial charge is 0.309 e. The molecule has 1 saturated carbocycles. The Hall–Kier alpha value is -0.0800. The summed E-state index contributed by atoms with van der Waals surface area (Å²) in [5.41, 5.74) is 0. The molecule has 1 aliphatic carbocycles. The van der Waals surface area contributed by atoms with Crippen LogP contribution >= 0.6 is 23.1 Å². The molecular formula is C13H20N2O2S3. The van der Waals surface area contributed by atoms with Crippen LogP contribution in [0.4, 0.5) is 0 Å². The van der Waals surface area contributed by atoms with E-state index >= 15 is 0 Å². The van der Waals surface area contributed by atoms with Crippen LogP contribution in [-0.4, -0.2) is 32.0 Å². The van der Waals surface area contributed by atoms with Crippen LogP contribution in [-0.2, 0) is 16.6 Å². The van der Waals surface area contributed by atoms with Gasteiger partial charge in [0.05, 0.1) is 0 Å². The zero-order valence-electron chi connectivity index (χ0n) is 11.3. The average Bonchev–Trinajstić information content (AvgIpc) is 3.13. The van der Waals surface area contributed by atoms with Crippen molar-refractivity contribution < 1.29 is 8.42 Å². The molecule has 2 fully saturated rings. The minimum absolute atomic E-state index is 0.108. The summed E-state index contributed by atoms with van der Waals surface area (Å²) in [7, 11) is -3.33. The van der Waals surface area contributed by atoms with Crippen molar-refractivity contribution in [2.45, 2.75) is 48.5 Å². The fourth-order valence-electron chi connectivity index (χ4n) is 2.22. The van der Waals surface area contributed by atoms with E-state index < -0.39 is 10.0 Å². The van der Waals surface area contributed by atoms with Gasteiger partial charge in [0.2, 0.25) is 10.0 Å². The standard InChI is InChI=1S/C13H20N2O2S3/c16-20(17,15-11-5-7-18-8-6-11)13-4-3-12(19-13)9-14-10-1-2-10/h3-4,10-11,14-15H,1-2,5-9H2. The third-order valence-corrected chi connectivity index (χ3v) is 7.73. The molecule has 7 heteroatoms. The van der Waals surface area contributed by atoms with Crippen molar-refractivity contribution >= 4 is 33.1 Å². The Kier molecular flexibility index (Phi) is 4.72. The smallest absolute Gasteiger partial charge is 0.250 e. The monoisotopic (exact) mass is 332 g/mol. The number of thiophene rings is 1. The highest BCUT2D eigenvalue weighted by Gasteiger charge is 2.24. The lowest BCUT2D eigenvalue weighted by Crippen LogP contribution is -2.36. The Morgan fingerprint density at radius 1 is 1.10 bits per heavy atom. The molecule has 1 aliphatic heterocycles. The first-order valence-corrected chi connectivity index (χ1v) is 10.5. The second-order valence-corrected chi connectivity index (χ2v) is 9.72. The maximum absolute atomic E-state index is 12.3. The highest BCUT2D eigenvalue weighted by Crippen LogP contribution is 2.25. The van der Waals surface area contributed by atoms with Crippen molar-refractivity contribution in [2.24, 2.45) is 0 Å². The van der Waals surface area contributed by atoms with Gasteiger partial charge in [0.15, 0.2) is 0 Å². The first kappa shape index (κ1) is 14.8. The van der Waals surface area contributed by atoms with Crippen molar-refractivity contribution in [3.8, 4) is 0 Å². The van der Waals surface area contributed by atoms with Crippen LogP contribution in [0.5, 0.6) is 0 Å². The Labute approximate surface area is 128 Å². The first-order chi connectivity index (χ1) is 9.63. The second kappa shape index (κ2) is 6.36. The average molecular weight is 333 g/mol. The van der Waals surface area contributed by atoms with E-state index in [-0.39, 0.29) is 6.04 Å². The lowest BCUT2D eigenvalue weighted by Gasteiger charge is -2.21. The lowest BCUT2D eigenvalue weighted by atomic mass is 10.2. The van der Waals surface area contributed by atoms with Gasteiger partial charge < -0.3 is 5.32 Å². The SMILES string of the molecule is O=S(=O)(NC1CCSCC1)c1ccc(CNC2CC2)s1. The maximum atomic E-state index is 12.3. The normalized spacial score (nSPS) is 21.2. The van der Waals surface area contributed by atoms with Gasteiger partial charge in [-0.1, -0.05) is 0 Å². The molecule has 2 heterocycles. The quantitative estimate of drug-likeness (QED) is 0.838. The van der Waals surface area contributed by atoms with E-state index in [1.165, 1.54) is 24.2 Å².